The van der Waals surface area contributed by atoms with Crippen molar-refractivity contribution in [3.05, 3.63) is 199 Å². The van der Waals surface area contributed by atoms with Crippen LogP contribution in [-0.2, 0) is 39.4 Å². The van der Waals surface area contributed by atoms with Gasteiger partial charge in [-0.1, -0.05) is 143 Å². The van der Waals surface area contributed by atoms with E-state index in [1.165, 1.54) is 147 Å². The molecule has 0 amide bonds. The molecule has 0 spiro atoms. The molecule has 327 valence electrons. The van der Waals surface area contributed by atoms with Crippen LogP contribution < -0.4 is 0 Å². The number of unbranched alkanes of at least 4 members (excludes halogenated alkanes) is 8. The second kappa shape index (κ2) is 20.8. The van der Waals surface area contributed by atoms with Gasteiger partial charge < -0.3 is 14.1 Å². The molecule has 0 bridgehead atoms. The standard InChI is InChI=1S/C61H58N3.Ir/c1-2-3-4-5-6-9-20-46-29-39-60-55(43-46)53-24-12-14-27-58(53)63(60)51-35-31-48(32-36-51)49-33-37-52(38-34-49)64-59-28-15-13-25-54(59)56-44-47(30-40-61(56)64)21-11-8-7-10-19-45-22-18-23-50(42-45)57-26-16-17-41-62-57;/h12-18,22,24-44H,2-11,19-21H2,1H3;/q-1;. The molecule has 0 aliphatic rings. The molecule has 10 rings (SSSR count). The van der Waals surface area contributed by atoms with E-state index in [9.17, 15) is 0 Å². The third kappa shape index (κ3) is 9.67. The molecule has 3 nitrogen and oxygen atoms in total. The minimum Gasteiger partial charge on any atom is -0.309 e. The van der Waals surface area contributed by atoms with Gasteiger partial charge in [-0.05, 0) is 127 Å². The topological polar surface area (TPSA) is 22.8 Å². The van der Waals surface area contributed by atoms with Crippen LogP contribution in [0.15, 0.2) is 176 Å². The zero-order valence-corrected chi connectivity index (χ0v) is 40.0. The molecule has 4 heteroatoms. The maximum atomic E-state index is 4.50. The van der Waals surface area contributed by atoms with Gasteiger partial charge in [0.1, 0.15) is 0 Å². The summed E-state index contributed by atoms with van der Waals surface area (Å²) >= 11 is 0. The van der Waals surface area contributed by atoms with Crippen molar-refractivity contribution in [3.8, 4) is 33.8 Å². The third-order valence-corrected chi connectivity index (χ3v) is 13.4. The fourth-order valence-corrected chi connectivity index (χ4v) is 9.97. The van der Waals surface area contributed by atoms with Gasteiger partial charge >= 0.3 is 0 Å². The summed E-state index contributed by atoms with van der Waals surface area (Å²) in [7, 11) is 0. The van der Waals surface area contributed by atoms with Crippen LogP contribution in [-0.4, -0.2) is 14.1 Å². The molecule has 0 saturated carbocycles. The average molecular weight is 1030 g/mol. The van der Waals surface area contributed by atoms with Gasteiger partial charge in [-0.3, -0.25) is 0 Å². The van der Waals surface area contributed by atoms with Crippen LogP contribution in [0.25, 0.3) is 77.4 Å². The van der Waals surface area contributed by atoms with Crippen LogP contribution in [0.5, 0.6) is 0 Å². The van der Waals surface area contributed by atoms with Gasteiger partial charge in [0.05, 0.1) is 22.1 Å². The Labute approximate surface area is 398 Å². The van der Waals surface area contributed by atoms with Crippen molar-refractivity contribution in [2.45, 2.75) is 90.4 Å². The summed E-state index contributed by atoms with van der Waals surface area (Å²) in [4.78, 5) is 4.50. The smallest absolute Gasteiger partial charge is 0.0541 e. The Hall–Kier alpha value is -6.06. The zero-order chi connectivity index (χ0) is 43.1. The molecule has 0 atom stereocenters. The number of aryl methyl sites for hydroxylation is 3. The molecule has 0 fully saturated rings. The Kier molecular flexibility index (Phi) is 14.2. The number of para-hydroxylation sites is 2. The van der Waals surface area contributed by atoms with Crippen LogP contribution in [0, 0.1) is 6.07 Å². The van der Waals surface area contributed by atoms with Crippen molar-refractivity contribution in [1.82, 2.24) is 14.1 Å². The number of fused-ring (bicyclic) bond motifs is 6. The van der Waals surface area contributed by atoms with Crippen molar-refractivity contribution in [1.29, 1.82) is 0 Å². The van der Waals surface area contributed by atoms with E-state index in [-0.39, 0.29) is 20.1 Å². The van der Waals surface area contributed by atoms with Crippen molar-refractivity contribution < 1.29 is 20.1 Å². The number of hydrogen-bond acceptors (Lipinski definition) is 1. The first-order chi connectivity index (χ1) is 31.7. The fraction of sp³-hybridized carbons (Fsp3) is 0.230. The minimum absolute atomic E-state index is 0. The number of rotatable bonds is 18. The fourth-order valence-electron chi connectivity index (χ4n) is 9.97. The molecule has 0 aliphatic carbocycles. The SMILES string of the molecule is CCCCCCCCc1ccc2c(c1)c1ccccc1n2-c1ccc(-c2ccc(-n3c4ccccc4c4cc(CCCCCCc5cc[c-]c(-c6ccccn6)c5)ccc43)cc2)cc1.[Ir]. The summed E-state index contributed by atoms with van der Waals surface area (Å²) in [6.45, 7) is 2.29. The van der Waals surface area contributed by atoms with E-state index >= 15 is 0 Å². The van der Waals surface area contributed by atoms with Gasteiger partial charge in [-0.2, -0.15) is 0 Å². The zero-order valence-electron chi connectivity index (χ0n) is 37.6. The average Bonchev–Trinajstić information content (AvgIpc) is 3.86. The Bertz CT molecular complexity index is 3140. The van der Waals surface area contributed by atoms with Gasteiger partial charge in [0, 0.05) is 59.2 Å². The summed E-state index contributed by atoms with van der Waals surface area (Å²) in [5.74, 6) is 0. The Balaban J connectivity index is 0.00000533. The van der Waals surface area contributed by atoms with E-state index in [1.807, 2.05) is 24.4 Å². The van der Waals surface area contributed by atoms with E-state index in [4.69, 9.17) is 0 Å². The van der Waals surface area contributed by atoms with Gasteiger partial charge in [-0.25, -0.2) is 0 Å². The predicted octanol–water partition coefficient (Wildman–Crippen LogP) is 16.7. The molecule has 3 aromatic heterocycles. The maximum Gasteiger partial charge on any atom is 0.0541 e. The second-order valence-corrected chi connectivity index (χ2v) is 17.8. The number of nitrogens with zero attached hydrogens (tertiary/aromatic N) is 3. The normalized spacial score (nSPS) is 11.5. The quantitative estimate of drug-likeness (QED) is 0.0620. The van der Waals surface area contributed by atoms with Gasteiger partial charge in [0.25, 0.3) is 0 Å². The molecular weight excluding hydrogens is 967 g/mol. The van der Waals surface area contributed by atoms with Gasteiger partial charge in [0.2, 0.25) is 0 Å². The van der Waals surface area contributed by atoms with Crippen LogP contribution in [0.4, 0.5) is 0 Å². The monoisotopic (exact) mass is 1030 g/mol. The third-order valence-electron chi connectivity index (χ3n) is 13.4. The molecule has 0 saturated heterocycles. The summed E-state index contributed by atoms with van der Waals surface area (Å²) in [5.41, 5.74) is 16.2. The van der Waals surface area contributed by atoms with Crippen molar-refractivity contribution in [2.75, 3.05) is 0 Å². The largest absolute Gasteiger partial charge is 0.309 e. The first-order valence-corrected chi connectivity index (χ1v) is 23.9. The van der Waals surface area contributed by atoms with Crippen molar-refractivity contribution in [2.24, 2.45) is 0 Å². The molecule has 0 N–H and O–H groups in total. The predicted molar refractivity (Wildman–Crippen MR) is 272 cm³/mol. The number of aromatic nitrogens is 3. The summed E-state index contributed by atoms with van der Waals surface area (Å²) in [6.07, 6.45) is 18.0. The molecule has 7 aromatic carbocycles. The molecule has 0 aliphatic heterocycles. The summed E-state index contributed by atoms with van der Waals surface area (Å²) in [5, 5.41) is 5.31. The van der Waals surface area contributed by atoms with Crippen LogP contribution in [0.1, 0.15) is 87.8 Å². The van der Waals surface area contributed by atoms with Crippen LogP contribution >= 0.6 is 0 Å². The van der Waals surface area contributed by atoms with E-state index < -0.39 is 0 Å². The van der Waals surface area contributed by atoms with Crippen LogP contribution in [0.2, 0.25) is 0 Å². The van der Waals surface area contributed by atoms with Crippen LogP contribution in [0.3, 0.4) is 0 Å². The summed E-state index contributed by atoms with van der Waals surface area (Å²) < 4.78 is 4.87. The molecule has 10 aromatic rings. The number of hydrogen-bond donors (Lipinski definition) is 0. The van der Waals surface area contributed by atoms with Crippen molar-refractivity contribution in [3.63, 3.8) is 0 Å². The molecule has 0 unspecified atom stereocenters. The molecule has 65 heavy (non-hydrogen) atoms. The molecular formula is C61H58IrN3-. The maximum absolute atomic E-state index is 4.50. The van der Waals surface area contributed by atoms with Gasteiger partial charge in [0.15, 0.2) is 0 Å². The van der Waals surface area contributed by atoms with E-state index in [1.54, 1.807) is 0 Å². The minimum atomic E-state index is 0. The Morgan fingerprint density at radius 3 is 1.38 bits per heavy atom. The van der Waals surface area contributed by atoms with E-state index in [0.717, 1.165) is 30.5 Å². The first-order valence-electron chi connectivity index (χ1n) is 23.9. The van der Waals surface area contributed by atoms with Crippen molar-refractivity contribution >= 4 is 43.6 Å². The molecule has 1 radical (unpaired) electrons. The molecule has 3 heterocycles. The Morgan fingerprint density at radius 1 is 0.415 bits per heavy atom. The number of benzene rings is 7. The number of pyridine rings is 1. The Morgan fingerprint density at radius 2 is 0.877 bits per heavy atom. The van der Waals surface area contributed by atoms with E-state index in [2.05, 4.69) is 179 Å². The summed E-state index contributed by atoms with van der Waals surface area (Å²) in [6, 6.07) is 66.2. The second-order valence-electron chi connectivity index (χ2n) is 17.8. The van der Waals surface area contributed by atoms with Gasteiger partial charge in [-0.15, -0.1) is 35.4 Å². The first kappa shape index (κ1) is 44.2. The van der Waals surface area contributed by atoms with E-state index in [0.29, 0.717) is 0 Å².